The lowest BCUT2D eigenvalue weighted by molar-refractivity contribution is -0.384. The SMILES string of the molecule is CN1CCN(C(=O)COc2ccc(N(C)C(=O)c3cccc([N+](=O)[O-])c3)cc2)CC1. The third-order valence-corrected chi connectivity index (χ3v) is 5.05. The van der Waals surface area contributed by atoms with E-state index in [2.05, 4.69) is 4.90 Å². The fourth-order valence-electron chi connectivity index (χ4n) is 3.12. The maximum Gasteiger partial charge on any atom is 0.270 e. The molecule has 30 heavy (non-hydrogen) atoms. The molecule has 2 amide bonds. The monoisotopic (exact) mass is 412 g/mol. The second-order valence-electron chi connectivity index (χ2n) is 7.14. The Morgan fingerprint density at radius 2 is 1.77 bits per heavy atom. The molecule has 9 heteroatoms. The van der Waals surface area contributed by atoms with E-state index in [-0.39, 0.29) is 29.7 Å². The van der Waals surface area contributed by atoms with Gasteiger partial charge in [-0.25, -0.2) is 0 Å². The maximum absolute atomic E-state index is 12.6. The molecule has 0 N–H and O–H groups in total. The van der Waals surface area contributed by atoms with Crippen molar-refractivity contribution in [3.8, 4) is 5.75 Å². The van der Waals surface area contributed by atoms with Crippen molar-refractivity contribution < 1.29 is 19.2 Å². The van der Waals surface area contributed by atoms with Crippen LogP contribution in [0, 0.1) is 10.1 Å². The summed E-state index contributed by atoms with van der Waals surface area (Å²) in [5, 5.41) is 10.9. The first-order chi connectivity index (χ1) is 14.3. The molecule has 0 atom stereocenters. The number of ether oxygens (including phenoxy) is 1. The van der Waals surface area contributed by atoms with E-state index < -0.39 is 4.92 Å². The molecule has 1 fully saturated rings. The zero-order valence-corrected chi connectivity index (χ0v) is 17.0. The van der Waals surface area contributed by atoms with E-state index in [0.717, 1.165) is 13.1 Å². The number of rotatable bonds is 6. The van der Waals surface area contributed by atoms with E-state index >= 15 is 0 Å². The summed E-state index contributed by atoms with van der Waals surface area (Å²) in [7, 11) is 3.62. The molecule has 9 nitrogen and oxygen atoms in total. The normalized spacial score (nSPS) is 14.3. The number of hydrogen-bond acceptors (Lipinski definition) is 6. The topological polar surface area (TPSA) is 96.2 Å². The standard InChI is InChI=1S/C21H24N4O5/c1-22-10-12-24(13-11-22)20(26)15-30-19-8-6-17(7-9-19)23(2)21(27)16-4-3-5-18(14-16)25(28)29/h3-9,14H,10-13,15H2,1-2H3. The molecular weight excluding hydrogens is 388 g/mol. The van der Waals surface area contributed by atoms with Crippen LogP contribution in [0.5, 0.6) is 5.75 Å². The molecule has 0 spiro atoms. The predicted molar refractivity (Wildman–Crippen MR) is 112 cm³/mol. The molecule has 1 saturated heterocycles. The minimum absolute atomic E-state index is 0.0362. The van der Waals surface area contributed by atoms with Gasteiger partial charge in [-0.05, 0) is 37.4 Å². The molecule has 3 rings (SSSR count). The van der Waals surface area contributed by atoms with Crippen molar-refractivity contribution in [2.45, 2.75) is 0 Å². The van der Waals surface area contributed by atoms with Gasteiger partial charge in [0.25, 0.3) is 17.5 Å². The van der Waals surface area contributed by atoms with Gasteiger partial charge in [0.15, 0.2) is 6.61 Å². The Morgan fingerprint density at radius 1 is 1.10 bits per heavy atom. The summed E-state index contributed by atoms with van der Waals surface area (Å²) >= 11 is 0. The number of piperazine rings is 1. The van der Waals surface area contributed by atoms with Gasteiger partial charge in [-0.2, -0.15) is 0 Å². The molecule has 1 aliphatic heterocycles. The van der Waals surface area contributed by atoms with Crippen molar-refractivity contribution in [3.63, 3.8) is 0 Å². The molecule has 0 aliphatic carbocycles. The van der Waals surface area contributed by atoms with Gasteiger partial charge in [0.05, 0.1) is 4.92 Å². The Hall–Kier alpha value is -3.46. The van der Waals surface area contributed by atoms with Crippen LogP contribution >= 0.6 is 0 Å². The predicted octanol–water partition coefficient (Wildman–Crippen LogP) is 2.02. The van der Waals surface area contributed by atoms with Crippen molar-refractivity contribution >= 4 is 23.2 Å². The lowest BCUT2D eigenvalue weighted by Gasteiger charge is -2.32. The number of carbonyl (C=O) groups is 2. The molecule has 0 aromatic heterocycles. The van der Waals surface area contributed by atoms with Gasteiger partial charge < -0.3 is 19.4 Å². The first kappa shape index (κ1) is 21.3. The Morgan fingerprint density at radius 3 is 2.40 bits per heavy atom. The minimum atomic E-state index is -0.535. The van der Waals surface area contributed by atoms with E-state index in [1.165, 1.54) is 29.2 Å². The smallest absolute Gasteiger partial charge is 0.270 e. The highest BCUT2D eigenvalue weighted by molar-refractivity contribution is 6.06. The molecule has 0 unspecified atom stereocenters. The van der Waals surface area contributed by atoms with Crippen LogP contribution in [0.15, 0.2) is 48.5 Å². The van der Waals surface area contributed by atoms with Gasteiger partial charge in [-0.3, -0.25) is 19.7 Å². The number of amides is 2. The fraction of sp³-hybridized carbons (Fsp3) is 0.333. The summed E-state index contributed by atoms with van der Waals surface area (Å²) in [6.07, 6.45) is 0. The number of nitrogens with zero attached hydrogens (tertiary/aromatic N) is 4. The molecule has 0 bridgehead atoms. The fourth-order valence-corrected chi connectivity index (χ4v) is 3.12. The Labute approximate surface area is 174 Å². The largest absolute Gasteiger partial charge is 0.484 e. The summed E-state index contributed by atoms with van der Waals surface area (Å²) in [6.45, 7) is 3.06. The average Bonchev–Trinajstić information content (AvgIpc) is 2.77. The van der Waals surface area contributed by atoms with Crippen molar-refractivity contribution in [1.82, 2.24) is 9.80 Å². The summed E-state index contributed by atoms with van der Waals surface area (Å²) in [6, 6.07) is 12.4. The summed E-state index contributed by atoms with van der Waals surface area (Å²) in [4.78, 5) is 40.6. The molecule has 1 heterocycles. The van der Waals surface area contributed by atoms with Crippen molar-refractivity contribution in [1.29, 1.82) is 0 Å². The summed E-state index contributed by atoms with van der Waals surface area (Å²) < 4.78 is 5.59. The highest BCUT2D eigenvalue weighted by atomic mass is 16.6. The molecule has 2 aromatic carbocycles. The van der Waals surface area contributed by atoms with Crippen LogP contribution in [-0.2, 0) is 4.79 Å². The third-order valence-electron chi connectivity index (χ3n) is 5.05. The number of nitro groups is 1. The van der Waals surface area contributed by atoms with E-state index in [9.17, 15) is 19.7 Å². The van der Waals surface area contributed by atoms with Crippen LogP contribution in [0.1, 0.15) is 10.4 Å². The highest BCUT2D eigenvalue weighted by Crippen LogP contribution is 2.21. The molecular formula is C21H24N4O5. The highest BCUT2D eigenvalue weighted by Gasteiger charge is 2.20. The van der Waals surface area contributed by atoms with E-state index in [1.807, 2.05) is 7.05 Å². The average molecular weight is 412 g/mol. The number of likely N-dealkylation sites (N-methyl/N-ethyl adjacent to an activating group) is 1. The zero-order chi connectivity index (χ0) is 21.7. The molecule has 2 aromatic rings. The van der Waals surface area contributed by atoms with Crippen LogP contribution in [-0.4, -0.2) is 73.4 Å². The van der Waals surface area contributed by atoms with Crippen LogP contribution in [0.4, 0.5) is 11.4 Å². The maximum atomic E-state index is 12.6. The van der Waals surface area contributed by atoms with E-state index in [0.29, 0.717) is 24.5 Å². The Bertz CT molecular complexity index is 923. The van der Waals surface area contributed by atoms with E-state index in [1.54, 1.807) is 36.2 Å². The van der Waals surface area contributed by atoms with E-state index in [4.69, 9.17) is 4.74 Å². The third kappa shape index (κ3) is 5.12. The molecule has 158 valence electrons. The van der Waals surface area contributed by atoms with Crippen molar-refractivity contribution in [3.05, 3.63) is 64.2 Å². The Balaban J connectivity index is 1.58. The second kappa shape index (κ2) is 9.36. The first-order valence-corrected chi connectivity index (χ1v) is 9.57. The summed E-state index contributed by atoms with van der Waals surface area (Å²) in [5.41, 5.74) is 0.692. The number of hydrogen-bond donors (Lipinski definition) is 0. The summed E-state index contributed by atoms with van der Waals surface area (Å²) in [5.74, 6) is 0.111. The van der Waals surface area contributed by atoms with Gasteiger partial charge in [-0.15, -0.1) is 0 Å². The lowest BCUT2D eigenvalue weighted by Crippen LogP contribution is -2.48. The van der Waals surface area contributed by atoms with Gasteiger partial charge in [0.2, 0.25) is 0 Å². The Kier molecular flexibility index (Phi) is 6.63. The number of non-ortho nitro benzene ring substituents is 1. The minimum Gasteiger partial charge on any atom is -0.484 e. The van der Waals surface area contributed by atoms with Crippen LogP contribution in [0.2, 0.25) is 0 Å². The molecule has 0 saturated carbocycles. The van der Waals surface area contributed by atoms with Gasteiger partial charge >= 0.3 is 0 Å². The van der Waals surface area contributed by atoms with Gasteiger partial charge in [0, 0.05) is 56.6 Å². The number of anilines is 1. The number of carbonyl (C=O) groups excluding carboxylic acids is 2. The number of nitro benzene ring substituents is 1. The number of benzene rings is 2. The molecule has 0 radical (unpaired) electrons. The van der Waals surface area contributed by atoms with Crippen molar-refractivity contribution in [2.24, 2.45) is 0 Å². The van der Waals surface area contributed by atoms with Crippen LogP contribution < -0.4 is 9.64 Å². The molecule has 1 aliphatic rings. The van der Waals surface area contributed by atoms with Crippen molar-refractivity contribution in [2.75, 3.05) is 51.8 Å². The first-order valence-electron chi connectivity index (χ1n) is 9.57. The zero-order valence-electron chi connectivity index (χ0n) is 17.0. The van der Waals surface area contributed by atoms with Gasteiger partial charge in [0.1, 0.15) is 5.75 Å². The quantitative estimate of drug-likeness (QED) is 0.532. The lowest BCUT2D eigenvalue weighted by atomic mass is 10.1. The van der Waals surface area contributed by atoms with Crippen LogP contribution in [0.25, 0.3) is 0 Å². The van der Waals surface area contributed by atoms with Gasteiger partial charge in [-0.1, -0.05) is 6.07 Å². The second-order valence-corrected chi connectivity index (χ2v) is 7.14. The van der Waals surface area contributed by atoms with Crippen LogP contribution in [0.3, 0.4) is 0 Å².